The Morgan fingerprint density at radius 1 is 1.08 bits per heavy atom. The molecule has 0 spiro atoms. The zero-order valence-electron chi connectivity index (χ0n) is 15.5. The number of hydrogen-bond donors (Lipinski definition) is 1. The van der Waals surface area contributed by atoms with Crippen molar-refractivity contribution in [1.82, 2.24) is 9.97 Å². The summed E-state index contributed by atoms with van der Waals surface area (Å²) in [7, 11) is 0. The number of anilines is 1. The van der Waals surface area contributed by atoms with Crippen LogP contribution in [0.2, 0.25) is 0 Å². The molecule has 0 unspecified atom stereocenters. The molecule has 130 valence electrons. The van der Waals surface area contributed by atoms with E-state index < -0.39 is 0 Å². The van der Waals surface area contributed by atoms with Gasteiger partial charge in [-0.15, -0.1) is 11.3 Å². The van der Waals surface area contributed by atoms with Crippen LogP contribution < -0.4 is 5.32 Å². The first-order valence-corrected chi connectivity index (χ1v) is 9.15. The Bertz CT molecular complexity index is 967. The van der Waals surface area contributed by atoms with E-state index in [1.165, 1.54) is 11.3 Å². The Labute approximate surface area is 152 Å². The lowest BCUT2D eigenvalue weighted by molar-refractivity contribution is 0.103. The molecule has 0 atom stereocenters. The highest BCUT2D eigenvalue weighted by atomic mass is 32.1. The lowest BCUT2D eigenvalue weighted by Crippen LogP contribution is -2.16. The first-order valence-electron chi connectivity index (χ1n) is 8.33. The van der Waals surface area contributed by atoms with Gasteiger partial charge >= 0.3 is 0 Å². The molecule has 0 aliphatic carbocycles. The second-order valence-electron chi connectivity index (χ2n) is 7.39. The molecular weight excluding hydrogens is 330 g/mol. The molecule has 0 saturated carbocycles. The minimum absolute atomic E-state index is 0.0912. The topological polar surface area (TPSA) is 54.9 Å². The number of para-hydroxylation sites is 1. The lowest BCUT2D eigenvalue weighted by atomic mass is 9.95. The van der Waals surface area contributed by atoms with E-state index in [1.807, 2.05) is 45.0 Å². The summed E-state index contributed by atoms with van der Waals surface area (Å²) in [5.41, 5.74) is 3.63. The van der Waals surface area contributed by atoms with Crippen LogP contribution in [0.25, 0.3) is 10.2 Å². The summed E-state index contributed by atoms with van der Waals surface area (Å²) in [6.45, 7) is 12.2. The first kappa shape index (κ1) is 17.5. The standard InChI is InChI=1S/C20H23N3OS/c1-11-9-7-8-10-14(11)22-17(24)16-12(2)15-13(3)21-19(20(4,5)6)23-18(15)25-16/h7-10H,1-6H3,(H,22,24). The number of rotatable bonds is 2. The SMILES string of the molecule is Cc1ccccc1NC(=O)c1sc2nc(C(C)(C)C)nc(C)c2c1C. The number of nitrogens with zero attached hydrogens (tertiary/aromatic N) is 2. The molecule has 0 aliphatic heterocycles. The molecule has 0 aliphatic rings. The highest BCUT2D eigenvalue weighted by Gasteiger charge is 2.23. The van der Waals surface area contributed by atoms with E-state index in [1.54, 1.807) is 0 Å². The fourth-order valence-corrected chi connectivity index (χ4v) is 3.91. The van der Waals surface area contributed by atoms with Gasteiger partial charge in [-0.25, -0.2) is 9.97 Å². The Hall–Kier alpha value is -2.27. The number of benzene rings is 1. The van der Waals surface area contributed by atoms with Gasteiger partial charge in [0.2, 0.25) is 0 Å². The van der Waals surface area contributed by atoms with Crippen LogP contribution in [0.15, 0.2) is 24.3 Å². The van der Waals surface area contributed by atoms with Gasteiger partial charge in [-0.05, 0) is 38.0 Å². The number of aromatic nitrogens is 2. The molecule has 0 fully saturated rings. The smallest absolute Gasteiger partial charge is 0.266 e. The zero-order valence-corrected chi connectivity index (χ0v) is 16.3. The van der Waals surface area contributed by atoms with E-state index in [9.17, 15) is 4.79 Å². The highest BCUT2D eigenvalue weighted by molar-refractivity contribution is 7.20. The molecule has 3 aromatic rings. The van der Waals surface area contributed by atoms with Crippen molar-refractivity contribution in [3.8, 4) is 0 Å². The lowest BCUT2D eigenvalue weighted by Gasteiger charge is -2.16. The molecule has 0 saturated heterocycles. The number of carbonyl (C=O) groups excluding carboxylic acids is 1. The monoisotopic (exact) mass is 353 g/mol. The van der Waals surface area contributed by atoms with Gasteiger partial charge in [-0.2, -0.15) is 0 Å². The highest BCUT2D eigenvalue weighted by Crippen LogP contribution is 2.33. The molecule has 2 aromatic heterocycles. The summed E-state index contributed by atoms with van der Waals surface area (Å²) in [4.78, 5) is 23.8. The van der Waals surface area contributed by atoms with Crippen molar-refractivity contribution in [2.75, 3.05) is 5.32 Å². The number of nitrogens with one attached hydrogen (secondary N) is 1. The second-order valence-corrected chi connectivity index (χ2v) is 8.39. The fraction of sp³-hybridized carbons (Fsp3) is 0.350. The summed E-state index contributed by atoms with van der Waals surface area (Å²) in [6, 6.07) is 7.78. The zero-order chi connectivity index (χ0) is 18.4. The third-order valence-electron chi connectivity index (χ3n) is 4.24. The van der Waals surface area contributed by atoms with Crippen molar-refractivity contribution in [2.24, 2.45) is 0 Å². The van der Waals surface area contributed by atoms with E-state index in [-0.39, 0.29) is 11.3 Å². The number of fused-ring (bicyclic) bond motifs is 1. The minimum Gasteiger partial charge on any atom is -0.321 e. The van der Waals surface area contributed by atoms with Crippen LogP contribution in [0.5, 0.6) is 0 Å². The van der Waals surface area contributed by atoms with Crippen LogP contribution in [0.1, 0.15) is 53.1 Å². The molecule has 5 heteroatoms. The van der Waals surface area contributed by atoms with Crippen molar-refractivity contribution < 1.29 is 4.79 Å². The Morgan fingerprint density at radius 3 is 2.40 bits per heavy atom. The maximum absolute atomic E-state index is 12.8. The summed E-state index contributed by atoms with van der Waals surface area (Å²) >= 11 is 1.44. The van der Waals surface area contributed by atoms with Crippen LogP contribution in [0.3, 0.4) is 0 Å². The van der Waals surface area contributed by atoms with E-state index in [2.05, 4.69) is 31.1 Å². The van der Waals surface area contributed by atoms with Crippen LogP contribution in [-0.4, -0.2) is 15.9 Å². The van der Waals surface area contributed by atoms with Crippen LogP contribution in [0, 0.1) is 20.8 Å². The maximum atomic E-state index is 12.8. The van der Waals surface area contributed by atoms with Gasteiger partial charge in [0.15, 0.2) is 0 Å². The Kier molecular flexibility index (Phi) is 4.37. The number of hydrogen-bond acceptors (Lipinski definition) is 4. The number of carbonyl (C=O) groups is 1. The quantitative estimate of drug-likeness (QED) is 0.692. The predicted molar refractivity (Wildman–Crippen MR) is 105 cm³/mol. The van der Waals surface area contributed by atoms with Crippen molar-refractivity contribution in [2.45, 2.75) is 47.0 Å². The van der Waals surface area contributed by atoms with E-state index in [4.69, 9.17) is 4.98 Å². The maximum Gasteiger partial charge on any atom is 0.266 e. The average Bonchev–Trinajstić information content (AvgIpc) is 2.86. The van der Waals surface area contributed by atoms with Crippen LogP contribution in [0.4, 0.5) is 5.69 Å². The molecule has 1 aromatic carbocycles. The van der Waals surface area contributed by atoms with Crippen molar-refractivity contribution >= 4 is 33.1 Å². The molecule has 0 radical (unpaired) electrons. The first-order chi connectivity index (χ1) is 11.7. The summed E-state index contributed by atoms with van der Waals surface area (Å²) < 4.78 is 0. The summed E-state index contributed by atoms with van der Waals surface area (Å²) in [6.07, 6.45) is 0. The molecule has 1 amide bonds. The van der Waals surface area contributed by atoms with Crippen molar-refractivity contribution in [3.05, 3.63) is 51.8 Å². The van der Waals surface area contributed by atoms with Gasteiger partial charge in [0.25, 0.3) is 5.91 Å². The predicted octanol–water partition coefficient (Wildman–Crippen LogP) is 5.17. The van der Waals surface area contributed by atoms with E-state index in [0.29, 0.717) is 4.88 Å². The van der Waals surface area contributed by atoms with Gasteiger partial charge < -0.3 is 5.32 Å². The normalized spacial score (nSPS) is 11.8. The van der Waals surface area contributed by atoms with Gasteiger partial charge in [0.1, 0.15) is 10.7 Å². The average molecular weight is 353 g/mol. The van der Waals surface area contributed by atoms with E-state index >= 15 is 0 Å². The third kappa shape index (κ3) is 3.29. The molecule has 1 N–H and O–H groups in total. The van der Waals surface area contributed by atoms with Crippen molar-refractivity contribution in [3.63, 3.8) is 0 Å². The largest absolute Gasteiger partial charge is 0.321 e. The fourth-order valence-electron chi connectivity index (χ4n) is 2.78. The molecular formula is C20H23N3OS. The number of aryl methyl sites for hydroxylation is 3. The third-order valence-corrected chi connectivity index (χ3v) is 5.43. The molecule has 3 rings (SSSR count). The van der Waals surface area contributed by atoms with Gasteiger partial charge in [0, 0.05) is 16.5 Å². The minimum atomic E-state index is -0.125. The molecule has 4 nitrogen and oxygen atoms in total. The van der Waals surface area contributed by atoms with Gasteiger partial charge in [-0.1, -0.05) is 39.0 Å². The van der Waals surface area contributed by atoms with E-state index in [0.717, 1.165) is 38.5 Å². The van der Waals surface area contributed by atoms with Crippen LogP contribution >= 0.6 is 11.3 Å². The van der Waals surface area contributed by atoms with Gasteiger partial charge in [0.05, 0.1) is 10.6 Å². The Balaban J connectivity index is 2.05. The summed E-state index contributed by atoms with van der Waals surface area (Å²) in [5.74, 6) is 0.719. The molecule has 2 heterocycles. The van der Waals surface area contributed by atoms with Crippen molar-refractivity contribution in [1.29, 1.82) is 0 Å². The summed E-state index contributed by atoms with van der Waals surface area (Å²) in [5, 5.41) is 4.01. The molecule has 0 bridgehead atoms. The second kappa shape index (κ2) is 6.23. The molecule has 25 heavy (non-hydrogen) atoms. The number of amides is 1. The van der Waals surface area contributed by atoms with Crippen LogP contribution in [-0.2, 0) is 5.41 Å². The number of thiophene rings is 1. The Morgan fingerprint density at radius 2 is 1.76 bits per heavy atom. The van der Waals surface area contributed by atoms with Gasteiger partial charge in [-0.3, -0.25) is 4.79 Å².